The predicted molar refractivity (Wildman–Crippen MR) is 46.6 cm³/mol. The molecule has 0 atom stereocenters. The molecule has 0 saturated carbocycles. The van der Waals surface area contributed by atoms with Crippen molar-refractivity contribution in [2.75, 3.05) is 0 Å². The van der Waals surface area contributed by atoms with Crippen molar-refractivity contribution >= 4 is 23.2 Å². The Balaban J connectivity index is 2.79. The molecule has 11 heavy (non-hydrogen) atoms. The molecule has 0 fully saturated rings. The number of nitrogens with zero attached hydrogens (tertiary/aromatic N) is 1. The molecule has 1 rings (SSSR count). The summed E-state index contributed by atoms with van der Waals surface area (Å²) in [6, 6.07) is 0. The van der Waals surface area contributed by atoms with Gasteiger partial charge in [0.15, 0.2) is 5.78 Å². The molecular formula is C8H9NOS. The zero-order valence-corrected chi connectivity index (χ0v) is 7.31. The van der Waals surface area contributed by atoms with E-state index in [4.69, 9.17) is 0 Å². The molecule has 1 aromatic rings. The third kappa shape index (κ3) is 2.27. The zero-order valence-electron chi connectivity index (χ0n) is 6.50. The van der Waals surface area contributed by atoms with Crippen LogP contribution in [0.4, 0.5) is 0 Å². The van der Waals surface area contributed by atoms with Crippen LogP contribution in [0.5, 0.6) is 0 Å². The summed E-state index contributed by atoms with van der Waals surface area (Å²) >= 11 is 1.54. The highest BCUT2D eigenvalue weighted by molar-refractivity contribution is 7.10. The summed E-state index contributed by atoms with van der Waals surface area (Å²) in [5.41, 5.74) is 2.75. The van der Waals surface area contributed by atoms with Gasteiger partial charge in [-0.15, -0.1) is 11.3 Å². The highest BCUT2D eigenvalue weighted by atomic mass is 32.1. The van der Waals surface area contributed by atoms with E-state index >= 15 is 0 Å². The van der Waals surface area contributed by atoms with Crippen LogP contribution in [-0.4, -0.2) is 10.8 Å². The van der Waals surface area contributed by atoms with Crippen LogP contribution in [-0.2, 0) is 4.79 Å². The van der Waals surface area contributed by atoms with Crippen LogP contribution >= 0.6 is 11.3 Å². The summed E-state index contributed by atoms with van der Waals surface area (Å²) in [5, 5.41) is 0. The Hall–Kier alpha value is -0.960. The smallest absolute Gasteiger partial charge is 0.152 e. The molecule has 0 radical (unpaired) electrons. The monoisotopic (exact) mass is 167 g/mol. The highest BCUT2D eigenvalue weighted by Crippen LogP contribution is 2.13. The molecule has 0 aliphatic heterocycles. The topological polar surface area (TPSA) is 30.0 Å². The lowest BCUT2D eigenvalue weighted by molar-refractivity contribution is -0.112. The van der Waals surface area contributed by atoms with E-state index in [2.05, 4.69) is 4.98 Å². The molecule has 0 N–H and O–H groups in total. The van der Waals surface area contributed by atoms with Crippen molar-refractivity contribution < 1.29 is 4.79 Å². The fourth-order valence-corrected chi connectivity index (χ4v) is 1.36. The van der Waals surface area contributed by atoms with Crippen molar-refractivity contribution in [3.05, 3.63) is 22.2 Å². The molecule has 1 aromatic heterocycles. The molecule has 2 nitrogen and oxygen atoms in total. The minimum Gasteiger partial charge on any atom is -0.295 e. The van der Waals surface area contributed by atoms with E-state index < -0.39 is 0 Å². The maximum absolute atomic E-state index is 10.5. The minimum absolute atomic E-state index is 0.0674. The van der Waals surface area contributed by atoms with E-state index in [1.54, 1.807) is 29.0 Å². The molecule has 0 spiro atoms. The maximum Gasteiger partial charge on any atom is 0.152 e. The van der Waals surface area contributed by atoms with E-state index in [0.717, 1.165) is 10.6 Å². The largest absolute Gasteiger partial charge is 0.295 e. The van der Waals surface area contributed by atoms with Crippen molar-refractivity contribution in [2.45, 2.75) is 13.8 Å². The third-order valence-corrected chi connectivity index (χ3v) is 2.15. The fraction of sp³-hybridized carbons (Fsp3) is 0.250. The van der Waals surface area contributed by atoms with Gasteiger partial charge in [0.1, 0.15) is 0 Å². The van der Waals surface area contributed by atoms with Gasteiger partial charge in [0, 0.05) is 4.88 Å². The Bertz CT molecular complexity index is 288. The van der Waals surface area contributed by atoms with Crippen LogP contribution in [0.25, 0.3) is 6.08 Å². The van der Waals surface area contributed by atoms with E-state index in [1.807, 2.05) is 6.92 Å². The summed E-state index contributed by atoms with van der Waals surface area (Å²) in [6.07, 6.45) is 3.36. The van der Waals surface area contributed by atoms with Crippen molar-refractivity contribution in [3.63, 3.8) is 0 Å². The number of allylic oxidation sites excluding steroid dienone is 1. The second-order valence-corrected chi connectivity index (χ2v) is 3.13. The highest BCUT2D eigenvalue weighted by Gasteiger charge is 1.95. The number of thiazole rings is 1. The summed E-state index contributed by atoms with van der Waals surface area (Å²) in [5.74, 6) is 0.0674. The molecule has 0 saturated heterocycles. The van der Waals surface area contributed by atoms with Gasteiger partial charge < -0.3 is 0 Å². The van der Waals surface area contributed by atoms with Crippen LogP contribution < -0.4 is 0 Å². The fourth-order valence-electron chi connectivity index (χ4n) is 0.664. The van der Waals surface area contributed by atoms with Gasteiger partial charge in [0.2, 0.25) is 0 Å². The van der Waals surface area contributed by atoms with Gasteiger partial charge in [-0.1, -0.05) is 0 Å². The minimum atomic E-state index is 0.0674. The number of carbonyl (C=O) groups is 1. The number of aromatic nitrogens is 1. The lowest BCUT2D eigenvalue weighted by atomic mass is 10.3. The average Bonchev–Trinajstić information content (AvgIpc) is 2.31. The number of ketones is 1. The first kappa shape index (κ1) is 8.14. The van der Waals surface area contributed by atoms with Crippen LogP contribution in [0, 0.1) is 6.92 Å². The summed E-state index contributed by atoms with van der Waals surface area (Å²) in [4.78, 5) is 15.7. The van der Waals surface area contributed by atoms with E-state index in [0.29, 0.717) is 0 Å². The number of aryl methyl sites for hydroxylation is 1. The second-order valence-electron chi connectivity index (χ2n) is 2.25. The van der Waals surface area contributed by atoms with Crippen molar-refractivity contribution in [3.8, 4) is 0 Å². The molecule has 1 heterocycles. The van der Waals surface area contributed by atoms with Gasteiger partial charge >= 0.3 is 0 Å². The molecule has 0 amide bonds. The van der Waals surface area contributed by atoms with Gasteiger partial charge in [0.05, 0.1) is 11.2 Å². The lowest BCUT2D eigenvalue weighted by Gasteiger charge is -1.84. The number of hydrogen-bond acceptors (Lipinski definition) is 3. The standard InChI is InChI=1S/C8H9NOS/c1-6(10)3-4-8-7(2)9-5-11-8/h3-5H,1-2H3. The van der Waals surface area contributed by atoms with Gasteiger partial charge in [0.25, 0.3) is 0 Å². The van der Waals surface area contributed by atoms with E-state index in [9.17, 15) is 4.79 Å². The summed E-state index contributed by atoms with van der Waals surface area (Å²) in [6.45, 7) is 3.46. The van der Waals surface area contributed by atoms with E-state index in [1.165, 1.54) is 6.92 Å². The number of carbonyl (C=O) groups excluding carboxylic acids is 1. The second kappa shape index (κ2) is 3.44. The van der Waals surface area contributed by atoms with Crippen molar-refractivity contribution in [1.82, 2.24) is 4.98 Å². The Morgan fingerprint density at radius 1 is 1.73 bits per heavy atom. The Morgan fingerprint density at radius 3 is 2.91 bits per heavy atom. The first-order valence-electron chi connectivity index (χ1n) is 3.29. The molecule has 0 aliphatic rings. The molecule has 58 valence electrons. The van der Waals surface area contributed by atoms with Crippen LogP contribution in [0.2, 0.25) is 0 Å². The maximum atomic E-state index is 10.5. The first-order valence-corrected chi connectivity index (χ1v) is 4.17. The predicted octanol–water partition coefficient (Wildman–Crippen LogP) is 2.05. The molecule has 0 aromatic carbocycles. The average molecular weight is 167 g/mol. The normalized spacial score (nSPS) is 10.7. The quantitative estimate of drug-likeness (QED) is 0.631. The van der Waals surface area contributed by atoms with E-state index in [-0.39, 0.29) is 5.78 Å². The first-order chi connectivity index (χ1) is 5.20. The lowest BCUT2D eigenvalue weighted by Crippen LogP contribution is -1.79. The van der Waals surface area contributed by atoms with Gasteiger partial charge in [-0.25, -0.2) is 4.98 Å². The molecule has 3 heteroatoms. The van der Waals surface area contributed by atoms with Crippen molar-refractivity contribution in [1.29, 1.82) is 0 Å². The van der Waals surface area contributed by atoms with Gasteiger partial charge in [-0.05, 0) is 26.0 Å². The number of rotatable bonds is 2. The van der Waals surface area contributed by atoms with Crippen LogP contribution in [0.3, 0.4) is 0 Å². The Labute approximate surface area is 69.6 Å². The van der Waals surface area contributed by atoms with Crippen LogP contribution in [0.15, 0.2) is 11.6 Å². The third-order valence-electron chi connectivity index (χ3n) is 1.25. The summed E-state index contributed by atoms with van der Waals surface area (Å²) < 4.78 is 0. The molecule has 0 aliphatic carbocycles. The van der Waals surface area contributed by atoms with Gasteiger partial charge in [-0.3, -0.25) is 4.79 Å². The molecule has 0 unspecified atom stereocenters. The molecular weight excluding hydrogens is 158 g/mol. The van der Waals surface area contributed by atoms with Crippen LogP contribution in [0.1, 0.15) is 17.5 Å². The van der Waals surface area contributed by atoms with Crippen molar-refractivity contribution in [2.24, 2.45) is 0 Å². The number of hydrogen-bond donors (Lipinski definition) is 0. The zero-order chi connectivity index (χ0) is 8.27. The Kier molecular flexibility index (Phi) is 2.54. The SMILES string of the molecule is CC(=O)C=Cc1scnc1C. The summed E-state index contributed by atoms with van der Waals surface area (Å²) in [7, 11) is 0. The molecule has 0 bridgehead atoms. The Morgan fingerprint density at radius 2 is 2.45 bits per heavy atom. The van der Waals surface area contributed by atoms with Gasteiger partial charge in [-0.2, -0.15) is 0 Å².